The highest BCUT2D eigenvalue weighted by molar-refractivity contribution is 6.43. The highest BCUT2D eigenvalue weighted by atomic mass is 35.5. The third-order valence-corrected chi connectivity index (χ3v) is 4.11. The molecular weight excluding hydrogens is 386 g/mol. The van der Waals surface area contributed by atoms with Gasteiger partial charge in [-0.3, -0.25) is 0 Å². The largest absolute Gasteiger partial charge is 0.447 e. The minimum Gasteiger partial charge on any atom is -0.447 e. The lowest BCUT2D eigenvalue weighted by molar-refractivity contribution is -0.170. The zero-order valence-corrected chi connectivity index (χ0v) is 15.1. The second kappa shape index (κ2) is 8.22. The molecule has 2 aromatic rings. The molecule has 23 heavy (non-hydrogen) atoms. The van der Waals surface area contributed by atoms with E-state index in [9.17, 15) is 0 Å². The van der Waals surface area contributed by atoms with Crippen LogP contribution in [0.5, 0.6) is 11.8 Å². The minimum atomic E-state index is -0.702. The maximum Gasteiger partial charge on any atom is 0.236 e. The van der Waals surface area contributed by atoms with E-state index < -0.39 is 12.6 Å². The molecule has 0 bridgehead atoms. The summed E-state index contributed by atoms with van der Waals surface area (Å²) in [7, 11) is 0. The van der Waals surface area contributed by atoms with Gasteiger partial charge in [-0.25, -0.2) is 9.97 Å². The highest BCUT2D eigenvalue weighted by Crippen LogP contribution is 2.31. The molecule has 0 saturated carbocycles. The Balaban J connectivity index is 1.96. The fraction of sp³-hybridized carbons (Fsp3) is 0.286. The summed E-state index contributed by atoms with van der Waals surface area (Å²) >= 11 is 23.8. The fourth-order valence-electron chi connectivity index (χ4n) is 1.61. The first kappa shape index (κ1) is 18.4. The third kappa shape index (κ3) is 4.99. The molecule has 5 nitrogen and oxygen atoms in total. The van der Waals surface area contributed by atoms with E-state index in [1.807, 2.05) is 0 Å². The van der Waals surface area contributed by atoms with E-state index in [4.69, 9.17) is 60.6 Å². The Bertz CT molecular complexity index is 630. The molecule has 0 aliphatic heterocycles. The van der Waals surface area contributed by atoms with E-state index in [0.717, 1.165) is 0 Å². The van der Waals surface area contributed by atoms with Gasteiger partial charge < -0.3 is 14.2 Å². The Labute approximate surface area is 153 Å². The number of halogens is 4. The fourth-order valence-corrected chi connectivity index (χ4v) is 2.20. The van der Waals surface area contributed by atoms with Gasteiger partial charge in [-0.15, -0.1) is 0 Å². The topological polar surface area (TPSA) is 53.5 Å². The maximum atomic E-state index is 5.99. The van der Waals surface area contributed by atoms with Crippen LogP contribution in [0.25, 0.3) is 0 Å². The van der Waals surface area contributed by atoms with Crippen LogP contribution < -0.4 is 9.47 Å². The molecular formula is C14H12Cl4N2O3. The van der Waals surface area contributed by atoms with Crippen molar-refractivity contribution in [2.24, 2.45) is 0 Å². The predicted molar refractivity (Wildman–Crippen MR) is 89.8 cm³/mol. The zero-order chi connectivity index (χ0) is 17.0. The first-order valence-electron chi connectivity index (χ1n) is 6.47. The third-order valence-electron chi connectivity index (χ3n) is 2.56. The molecule has 0 aromatic carbocycles. The lowest BCUT2D eigenvalue weighted by atomic mass is 10.5. The number of nitrogens with zero attached hydrogens (tertiary/aromatic N) is 2. The van der Waals surface area contributed by atoms with Crippen molar-refractivity contribution in [3.8, 4) is 11.8 Å². The van der Waals surface area contributed by atoms with Crippen molar-refractivity contribution in [2.45, 2.75) is 26.4 Å². The second-order valence-corrected chi connectivity index (χ2v) is 5.90. The average Bonchev–Trinajstić information content (AvgIpc) is 2.48. The molecule has 2 atom stereocenters. The van der Waals surface area contributed by atoms with Crippen LogP contribution in [0.1, 0.15) is 13.8 Å². The van der Waals surface area contributed by atoms with Crippen LogP contribution in [0.4, 0.5) is 0 Å². The van der Waals surface area contributed by atoms with E-state index in [-0.39, 0.29) is 21.8 Å². The molecule has 0 amide bonds. The Kier molecular flexibility index (Phi) is 6.56. The van der Waals surface area contributed by atoms with Gasteiger partial charge in [-0.2, -0.15) is 0 Å². The van der Waals surface area contributed by atoms with Gasteiger partial charge in [0.1, 0.15) is 10.0 Å². The molecule has 0 spiro atoms. The van der Waals surface area contributed by atoms with Gasteiger partial charge in [0, 0.05) is 12.4 Å². The average molecular weight is 398 g/mol. The Morgan fingerprint density at radius 2 is 1.17 bits per heavy atom. The Morgan fingerprint density at radius 1 is 0.783 bits per heavy atom. The lowest BCUT2D eigenvalue weighted by Crippen LogP contribution is -2.27. The molecule has 0 N–H and O–H groups in total. The zero-order valence-electron chi connectivity index (χ0n) is 12.1. The van der Waals surface area contributed by atoms with Crippen molar-refractivity contribution in [2.75, 3.05) is 0 Å². The number of hydrogen-bond donors (Lipinski definition) is 0. The van der Waals surface area contributed by atoms with E-state index in [1.54, 1.807) is 26.0 Å². The molecule has 0 aliphatic rings. The molecule has 0 aliphatic carbocycles. The van der Waals surface area contributed by atoms with Crippen molar-refractivity contribution in [3.63, 3.8) is 0 Å². The van der Waals surface area contributed by atoms with Crippen molar-refractivity contribution in [1.29, 1.82) is 0 Å². The van der Waals surface area contributed by atoms with Crippen molar-refractivity contribution in [1.82, 2.24) is 9.97 Å². The summed E-state index contributed by atoms with van der Waals surface area (Å²) in [5, 5.41) is 1.08. The molecule has 0 saturated heterocycles. The van der Waals surface area contributed by atoms with Crippen LogP contribution in [0, 0.1) is 0 Å². The molecule has 9 heteroatoms. The maximum absolute atomic E-state index is 5.99. The molecule has 2 heterocycles. The summed E-state index contributed by atoms with van der Waals surface area (Å²) < 4.78 is 16.5. The highest BCUT2D eigenvalue weighted by Gasteiger charge is 2.17. The number of aromatic nitrogens is 2. The smallest absolute Gasteiger partial charge is 0.236 e. The Hall–Kier alpha value is -0.980. The standard InChI is InChI=1S/C14H12Cl4N2O3/c1-7(22-13-11(17)9(15)3-5-19-13)21-8(2)23-14-12(18)10(16)4-6-20-14/h3-8H,1-2H3. The van der Waals surface area contributed by atoms with Gasteiger partial charge in [0.05, 0.1) is 10.0 Å². The van der Waals surface area contributed by atoms with Crippen LogP contribution >= 0.6 is 46.4 Å². The van der Waals surface area contributed by atoms with Crippen LogP contribution in [-0.2, 0) is 4.74 Å². The first-order chi connectivity index (χ1) is 10.9. The molecule has 2 unspecified atom stereocenters. The summed E-state index contributed by atoms with van der Waals surface area (Å²) in [6.45, 7) is 3.32. The van der Waals surface area contributed by atoms with Gasteiger partial charge >= 0.3 is 0 Å². The van der Waals surface area contributed by atoms with E-state index in [2.05, 4.69) is 9.97 Å². The quantitative estimate of drug-likeness (QED) is 0.622. The number of rotatable bonds is 6. The number of pyridine rings is 2. The van der Waals surface area contributed by atoms with Gasteiger partial charge in [-0.1, -0.05) is 46.4 Å². The van der Waals surface area contributed by atoms with Gasteiger partial charge in [0.15, 0.2) is 0 Å². The van der Waals surface area contributed by atoms with Crippen LogP contribution in [0.2, 0.25) is 20.1 Å². The van der Waals surface area contributed by atoms with Crippen molar-refractivity contribution >= 4 is 46.4 Å². The van der Waals surface area contributed by atoms with Crippen molar-refractivity contribution in [3.05, 3.63) is 44.6 Å². The van der Waals surface area contributed by atoms with Gasteiger partial charge in [-0.05, 0) is 26.0 Å². The van der Waals surface area contributed by atoms with Gasteiger partial charge in [0.25, 0.3) is 0 Å². The predicted octanol–water partition coefficient (Wildman–Crippen LogP) is 5.26. The summed E-state index contributed by atoms with van der Waals surface area (Å²) in [6.07, 6.45) is 1.55. The molecule has 0 fully saturated rings. The number of hydrogen-bond acceptors (Lipinski definition) is 5. The van der Waals surface area contributed by atoms with E-state index >= 15 is 0 Å². The Morgan fingerprint density at radius 3 is 1.57 bits per heavy atom. The normalized spacial score (nSPS) is 13.5. The van der Waals surface area contributed by atoms with Crippen LogP contribution in [0.3, 0.4) is 0 Å². The SMILES string of the molecule is CC(Oc1nccc(Cl)c1Cl)OC(C)Oc1nccc(Cl)c1Cl. The van der Waals surface area contributed by atoms with E-state index in [0.29, 0.717) is 10.0 Å². The summed E-state index contributed by atoms with van der Waals surface area (Å²) in [6, 6.07) is 3.11. The summed E-state index contributed by atoms with van der Waals surface area (Å²) in [5.41, 5.74) is 0. The monoisotopic (exact) mass is 396 g/mol. The lowest BCUT2D eigenvalue weighted by Gasteiger charge is -2.21. The van der Waals surface area contributed by atoms with Crippen molar-refractivity contribution < 1.29 is 14.2 Å². The van der Waals surface area contributed by atoms with Crippen LogP contribution in [0.15, 0.2) is 24.5 Å². The molecule has 2 rings (SSSR count). The van der Waals surface area contributed by atoms with E-state index in [1.165, 1.54) is 12.4 Å². The summed E-state index contributed by atoms with van der Waals surface area (Å²) in [4.78, 5) is 7.97. The molecule has 124 valence electrons. The summed E-state index contributed by atoms with van der Waals surface area (Å²) in [5.74, 6) is 0.329. The number of ether oxygens (including phenoxy) is 3. The van der Waals surface area contributed by atoms with Gasteiger partial charge in [0.2, 0.25) is 24.3 Å². The minimum absolute atomic E-state index is 0.165. The molecule has 0 radical (unpaired) electrons. The first-order valence-corrected chi connectivity index (χ1v) is 7.98. The molecule has 2 aromatic heterocycles. The van der Waals surface area contributed by atoms with Crippen LogP contribution in [-0.4, -0.2) is 22.5 Å². The second-order valence-electron chi connectivity index (χ2n) is 4.33.